The number of halogens is 1. The molecule has 96 valence electrons. The van der Waals surface area contributed by atoms with Crippen LogP contribution in [0, 0.1) is 0 Å². The van der Waals surface area contributed by atoms with E-state index in [0.29, 0.717) is 24.2 Å². The fourth-order valence-electron chi connectivity index (χ4n) is 1.83. The monoisotopic (exact) mass is 311 g/mol. The predicted molar refractivity (Wildman–Crippen MR) is 72.1 cm³/mol. The summed E-state index contributed by atoms with van der Waals surface area (Å²) in [5, 5.41) is 5.58. The highest BCUT2D eigenvalue weighted by molar-refractivity contribution is 9.10. The molecule has 0 aliphatic carbocycles. The summed E-state index contributed by atoms with van der Waals surface area (Å²) in [6.07, 6.45) is 1.30. The zero-order chi connectivity index (χ0) is 13.1. The average molecular weight is 312 g/mol. The van der Waals surface area contributed by atoms with Gasteiger partial charge in [-0.05, 0) is 40.5 Å². The average Bonchev–Trinajstić information content (AvgIpc) is 2.75. The van der Waals surface area contributed by atoms with Gasteiger partial charge in [0, 0.05) is 34.7 Å². The number of hydrogen-bond donors (Lipinski definition) is 3. The van der Waals surface area contributed by atoms with Crippen LogP contribution < -0.4 is 16.4 Å². The topological polar surface area (TPSA) is 84.2 Å². The van der Waals surface area contributed by atoms with Crippen LogP contribution in [0.1, 0.15) is 23.2 Å². The Labute approximate surface area is 113 Å². The van der Waals surface area contributed by atoms with Crippen molar-refractivity contribution in [2.24, 2.45) is 0 Å². The molecule has 0 aromatic heterocycles. The number of nitrogens with one attached hydrogen (secondary N) is 2. The summed E-state index contributed by atoms with van der Waals surface area (Å²) in [5.41, 5.74) is 6.75. The van der Waals surface area contributed by atoms with Crippen LogP contribution in [0.5, 0.6) is 0 Å². The van der Waals surface area contributed by atoms with Crippen LogP contribution in [0.4, 0.5) is 5.69 Å². The minimum Gasteiger partial charge on any atom is -0.398 e. The standard InChI is InChI=1S/C12H14BrN3O2/c13-9-3-1-7(5-10(9)14)12(18)15-6-8-2-4-11(17)16-8/h1,3,5,8H,2,4,6,14H2,(H,15,18)(H,16,17). The maximum absolute atomic E-state index is 11.9. The lowest BCUT2D eigenvalue weighted by molar-refractivity contribution is -0.119. The van der Waals surface area contributed by atoms with Crippen molar-refractivity contribution in [2.45, 2.75) is 18.9 Å². The maximum atomic E-state index is 11.9. The second-order valence-electron chi connectivity index (χ2n) is 4.25. The summed E-state index contributed by atoms with van der Waals surface area (Å²) >= 11 is 3.27. The molecule has 1 fully saturated rings. The number of carbonyl (C=O) groups excluding carboxylic acids is 2. The molecule has 0 saturated carbocycles. The van der Waals surface area contributed by atoms with E-state index in [1.165, 1.54) is 0 Å². The number of hydrogen-bond acceptors (Lipinski definition) is 3. The molecule has 1 aromatic rings. The molecule has 6 heteroatoms. The zero-order valence-corrected chi connectivity index (χ0v) is 11.3. The van der Waals surface area contributed by atoms with Gasteiger partial charge in [-0.2, -0.15) is 0 Å². The largest absolute Gasteiger partial charge is 0.398 e. The van der Waals surface area contributed by atoms with E-state index in [9.17, 15) is 9.59 Å². The summed E-state index contributed by atoms with van der Waals surface area (Å²) in [7, 11) is 0. The normalized spacial score (nSPS) is 18.5. The van der Waals surface area contributed by atoms with Gasteiger partial charge in [0.25, 0.3) is 5.91 Å². The van der Waals surface area contributed by atoms with Gasteiger partial charge in [-0.25, -0.2) is 0 Å². The Bertz CT molecular complexity index is 490. The fraction of sp³-hybridized carbons (Fsp3) is 0.333. The van der Waals surface area contributed by atoms with E-state index in [-0.39, 0.29) is 17.9 Å². The van der Waals surface area contributed by atoms with Crippen LogP contribution >= 0.6 is 15.9 Å². The molecule has 1 saturated heterocycles. The minimum absolute atomic E-state index is 0.0363. The van der Waals surface area contributed by atoms with Crippen molar-refractivity contribution in [3.63, 3.8) is 0 Å². The predicted octanol–water partition coefficient (Wildman–Crippen LogP) is 1.04. The quantitative estimate of drug-likeness (QED) is 0.729. The van der Waals surface area contributed by atoms with Gasteiger partial charge in [-0.3, -0.25) is 9.59 Å². The summed E-state index contributed by atoms with van der Waals surface area (Å²) in [6, 6.07) is 5.09. The van der Waals surface area contributed by atoms with Crippen molar-refractivity contribution in [3.05, 3.63) is 28.2 Å². The Morgan fingerprint density at radius 2 is 2.33 bits per heavy atom. The Morgan fingerprint density at radius 3 is 2.94 bits per heavy atom. The number of nitrogens with two attached hydrogens (primary N) is 1. The van der Waals surface area contributed by atoms with Gasteiger partial charge in [-0.15, -0.1) is 0 Å². The summed E-state index contributed by atoms with van der Waals surface area (Å²) in [4.78, 5) is 22.9. The van der Waals surface area contributed by atoms with Gasteiger partial charge in [0.1, 0.15) is 0 Å². The van der Waals surface area contributed by atoms with Crippen LogP contribution in [0.15, 0.2) is 22.7 Å². The van der Waals surface area contributed by atoms with E-state index in [1.54, 1.807) is 18.2 Å². The molecule has 0 spiro atoms. The van der Waals surface area contributed by atoms with Crippen LogP contribution in [-0.2, 0) is 4.79 Å². The van der Waals surface area contributed by atoms with Crippen molar-refractivity contribution >= 4 is 33.4 Å². The highest BCUT2D eigenvalue weighted by Crippen LogP contribution is 2.20. The Morgan fingerprint density at radius 1 is 1.56 bits per heavy atom. The first-order valence-corrected chi connectivity index (χ1v) is 6.48. The lowest BCUT2D eigenvalue weighted by atomic mass is 10.2. The van der Waals surface area contributed by atoms with Crippen molar-refractivity contribution in [1.29, 1.82) is 0 Å². The van der Waals surface area contributed by atoms with E-state index in [1.807, 2.05) is 0 Å². The lowest BCUT2D eigenvalue weighted by Gasteiger charge is -2.11. The van der Waals surface area contributed by atoms with E-state index >= 15 is 0 Å². The molecule has 1 aliphatic heterocycles. The summed E-state index contributed by atoms with van der Waals surface area (Å²) in [5.74, 6) is -0.141. The molecule has 4 N–H and O–H groups in total. The molecule has 2 amide bonds. The third-order valence-electron chi connectivity index (χ3n) is 2.85. The van der Waals surface area contributed by atoms with Gasteiger partial charge in [-0.1, -0.05) is 0 Å². The van der Waals surface area contributed by atoms with Gasteiger partial charge in [0.15, 0.2) is 0 Å². The fourth-order valence-corrected chi connectivity index (χ4v) is 2.08. The molecule has 1 aliphatic rings. The summed E-state index contributed by atoms with van der Waals surface area (Å²) < 4.78 is 0.766. The van der Waals surface area contributed by atoms with Gasteiger partial charge < -0.3 is 16.4 Å². The highest BCUT2D eigenvalue weighted by atomic mass is 79.9. The van der Waals surface area contributed by atoms with Crippen LogP contribution in [0.25, 0.3) is 0 Å². The number of amides is 2. The first kappa shape index (κ1) is 12.9. The van der Waals surface area contributed by atoms with Crippen molar-refractivity contribution in [1.82, 2.24) is 10.6 Å². The molecule has 2 rings (SSSR count). The molecular formula is C12H14BrN3O2. The minimum atomic E-state index is -0.185. The van der Waals surface area contributed by atoms with Gasteiger partial charge >= 0.3 is 0 Å². The molecule has 1 unspecified atom stereocenters. The van der Waals surface area contributed by atoms with Gasteiger partial charge in [0.2, 0.25) is 5.91 Å². The second kappa shape index (κ2) is 5.39. The molecule has 1 aromatic carbocycles. The Balaban J connectivity index is 1.91. The molecule has 18 heavy (non-hydrogen) atoms. The van der Waals surface area contributed by atoms with Crippen molar-refractivity contribution < 1.29 is 9.59 Å². The van der Waals surface area contributed by atoms with E-state index in [2.05, 4.69) is 26.6 Å². The van der Waals surface area contributed by atoms with E-state index in [0.717, 1.165) is 10.9 Å². The SMILES string of the molecule is Nc1cc(C(=O)NCC2CCC(=O)N2)ccc1Br. The number of nitrogen functional groups attached to an aromatic ring is 1. The lowest BCUT2D eigenvalue weighted by Crippen LogP contribution is -2.38. The van der Waals surface area contributed by atoms with Crippen LogP contribution in [0.2, 0.25) is 0 Å². The molecular weight excluding hydrogens is 298 g/mol. The second-order valence-corrected chi connectivity index (χ2v) is 5.10. The summed E-state index contributed by atoms with van der Waals surface area (Å²) in [6.45, 7) is 0.445. The van der Waals surface area contributed by atoms with E-state index < -0.39 is 0 Å². The molecule has 1 atom stereocenters. The van der Waals surface area contributed by atoms with E-state index in [4.69, 9.17) is 5.73 Å². The number of benzene rings is 1. The first-order valence-electron chi connectivity index (χ1n) is 5.69. The van der Waals surface area contributed by atoms with Crippen molar-refractivity contribution in [2.75, 3.05) is 12.3 Å². The smallest absolute Gasteiger partial charge is 0.251 e. The third-order valence-corrected chi connectivity index (χ3v) is 3.57. The number of rotatable bonds is 3. The van der Waals surface area contributed by atoms with Crippen molar-refractivity contribution in [3.8, 4) is 0 Å². The van der Waals surface area contributed by atoms with Gasteiger partial charge in [0.05, 0.1) is 0 Å². The van der Waals surface area contributed by atoms with Crippen LogP contribution in [0.3, 0.4) is 0 Å². The Kier molecular flexibility index (Phi) is 3.86. The Hall–Kier alpha value is -1.56. The molecule has 1 heterocycles. The number of carbonyl (C=O) groups is 2. The maximum Gasteiger partial charge on any atom is 0.251 e. The number of anilines is 1. The first-order chi connectivity index (χ1) is 8.56. The third kappa shape index (κ3) is 3.01. The highest BCUT2D eigenvalue weighted by Gasteiger charge is 2.21. The molecule has 0 bridgehead atoms. The molecule has 0 radical (unpaired) electrons. The molecule has 5 nitrogen and oxygen atoms in total. The zero-order valence-electron chi connectivity index (χ0n) is 9.70. The van der Waals surface area contributed by atoms with Crippen LogP contribution in [-0.4, -0.2) is 24.4 Å².